The number of aromatic hydroxyl groups is 1. The molecule has 4 heterocycles. The lowest BCUT2D eigenvalue weighted by Crippen LogP contribution is -2.54. The van der Waals surface area contributed by atoms with E-state index in [2.05, 4.69) is 10.2 Å². The molecule has 0 spiro atoms. The van der Waals surface area contributed by atoms with Gasteiger partial charge in [0.15, 0.2) is 6.10 Å². The molecule has 4 aliphatic rings. The average molecular weight is 658 g/mol. The van der Waals surface area contributed by atoms with E-state index < -0.39 is 17.8 Å². The Morgan fingerprint density at radius 2 is 1.62 bits per heavy atom. The first-order valence-corrected chi connectivity index (χ1v) is 17.6. The number of hydrogen-bond donors (Lipinski definition) is 3. The molecule has 0 unspecified atom stereocenters. The summed E-state index contributed by atoms with van der Waals surface area (Å²) in [7, 11) is 5.95. The minimum Gasteiger partial charge on any atom is -0.509 e. The summed E-state index contributed by atoms with van der Waals surface area (Å²) >= 11 is 0. The number of para-hydroxylation sites is 1. The highest BCUT2D eigenvalue weighted by molar-refractivity contribution is 6.34. The summed E-state index contributed by atoms with van der Waals surface area (Å²) in [6.45, 7) is 6.33. The van der Waals surface area contributed by atoms with Gasteiger partial charge in [-0.05, 0) is 74.6 Å². The number of nitrogens with zero attached hydrogens (tertiary/aromatic N) is 4. The number of carbonyl (C=O) groups excluding carboxylic acids is 3. The second kappa shape index (κ2) is 14.8. The van der Waals surface area contributed by atoms with E-state index in [1.165, 1.54) is 6.07 Å². The van der Waals surface area contributed by atoms with E-state index in [9.17, 15) is 24.6 Å². The Balaban J connectivity index is 1.06. The lowest BCUT2D eigenvalue weighted by Gasteiger charge is -2.44. The lowest BCUT2D eigenvalue weighted by molar-refractivity contribution is -0.142. The third kappa shape index (κ3) is 7.75. The van der Waals surface area contributed by atoms with Crippen molar-refractivity contribution < 1.29 is 29.3 Å². The van der Waals surface area contributed by atoms with Crippen LogP contribution in [-0.4, -0.2) is 125 Å². The van der Waals surface area contributed by atoms with Gasteiger partial charge in [-0.1, -0.05) is 42.7 Å². The summed E-state index contributed by atoms with van der Waals surface area (Å²) in [5.41, 5.74) is 2.28. The zero-order chi connectivity index (χ0) is 33.8. The van der Waals surface area contributed by atoms with Gasteiger partial charge in [-0.2, -0.15) is 0 Å². The summed E-state index contributed by atoms with van der Waals surface area (Å²) < 4.78 is 5.98. The van der Waals surface area contributed by atoms with Gasteiger partial charge in [0.05, 0.1) is 5.60 Å². The van der Waals surface area contributed by atoms with Crippen LogP contribution in [0.5, 0.6) is 5.75 Å². The number of phenols is 1. The van der Waals surface area contributed by atoms with Crippen LogP contribution in [0.2, 0.25) is 0 Å². The largest absolute Gasteiger partial charge is 0.509 e. The first kappa shape index (κ1) is 34.1. The molecule has 12 heteroatoms. The highest BCUT2D eigenvalue weighted by Crippen LogP contribution is 2.30. The third-order valence-corrected chi connectivity index (χ3v) is 11.0. The zero-order valence-corrected chi connectivity index (χ0v) is 28.0. The van der Waals surface area contributed by atoms with Gasteiger partial charge in [-0.25, -0.2) is 9.59 Å². The molecule has 3 N–H and O–H groups in total. The van der Waals surface area contributed by atoms with E-state index in [0.29, 0.717) is 57.2 Å². The van der Waals surface area contributed by atoms with Crippen LogP contribution in [0.1, 0.15) is 63.0 Å². The quantitative estimate of drug-likeness (QED) is 0.391. The zero-order valence-electron chi connectivity index (χ0n) is 28.0. The van der Waals surface area contributed by atoms with Gasteiger partial charge in [-0.3, -0.25) is 4.79 Å². The Hall–Kier alpha value is -3.77. The summed E-state index contributed by atoms with van der Waals surface area (Å²) in [6.07, 6.45) is 4.51. The Morgan fingerprint density at radius 1 is 0.958 bits per heavy atom. The number of piperidine rings is 3. The van der Waals surface area contributed by atoms with Crippen LogP contribution in [0, 0.1) is 0 Å². The van der Waals surface area contributed by atoms with Crippen molar-refractivity contribution >= 4 is 37.0 Å². The Morgan fingerprint density at radius 3 is 2.31 bits per heavy atom. The molecular formula is C36H48BN5O6. The molecule has 256 valence electrons. The second-order valence-electron chi connectivity index (χ2n) is 13.9. The number of phenolic OH excluding ortho intramolecular Hbond substituents is 1. The normalized spacial score (nSPS) is 21.6. The van der Waals surface area contributed by atoms with E-state index in [4.69, 9.17) is 12.6 Å². The number of likely N-dealkylation sites (tertiary alicyclic amines) is 3. The fraction of sp³-hybridized carbons (Fsp3) is 0.583. The fourth-order valence-corrected chi connectivity index (χ4v) is 7.73. The number of carbonyl (C=O) groups is 3. The molecule has 11 nitrogen and oxygen atoms in total. The van der Waals surface area contributed by atoms with Crippen LogP contribution in [0.4, 0.5) is 15.3 Å². The molecule has 6 rings (SSSR count). The first-order valence-electron chi connectivity index (χ1n) is 17.6. The van der Waals surface area contributed by atoms with Crippen molar-refractivity contribution in [2.45, 2.75) is 88.5 Å². The minimum absolute atomic E-state index is 0.00210. The molecule has 1 atom stereocenters. The Kier molecular flexibility index (Phi) is 10.5. The highest BCUT2D eigenvalue weighted by atomic mass is 16.6. The summed E-state index contributed by atoms with van der Waals surface area (Å²) in [6, 6.07) is 12.9. The lowest BCUT2D eigenvalue weighted by atomic mass is 9.87. The number of hydrogen-bond acceptors (Lipinski definition) is 7. The average Bonchev–Trinajstić information content (AvgIpc) is 3.27. The van der Waals surface area contributed by atoms with Crippen molar-refractivity contribution in [2.75, 3.05) is 51.1 Å². The van der Waals surface area contributed by atoms with Crippen molar-refractivity contribution in [1.29, 1.82) is 0 Å². The molecule has 48 heavy (non-hydrogen) atoms. The Labute approximate surface area is 284 Å². The van der Waals surface area contributed by atoms with Gasteiger partial charge >= 0.3 is 12.1 Å². The van der Waals surface area contributed by atoms with E-state index in [1.54, 1.807) is 21.9 Å². The molecule has 0 saturated carbocycles. The molecule has 0 bridgehead atoms. The molecule has 0 aromatic heterocycles. The smallest absolute Gasteiger partial charge is 0.410 e. The minimum atomic E-state index is -1.04. The third-order valence-electron chi connectivity index (χ3n) is 11.0. The van der Waals surface area contributed by atoms with E-state index >= 15 is 0 Å². The number of amides is 4. The number of urea groups is 1. The van der Waals surface area contributed by atoms with E-state index in [-0.39, 0.29) is 35.6 Å². The Bertz CT molecular complexity index is 1470. The fourth-order valence-electron chi connectivity index (χ4n) is 7.73. The summed E-state index contributed by atoms with van der Waals surface area (Å²) in [5, 5.41) is 23.6. The van der Waals surface area contributed by atoms with Crippen LogP contribution in [0.3, 0.4) is 0 Å². The predicted octanol–water partition coefficient (Wildman–Crippen LogP) is 3.02. The summed E-state index contributed by atoms with van der Waals surface area (Å²) in [4.78, 5) is 48.3. The highest BCUT2D eigenvalue weighted by Gasteiger charge is 2.38. The van der Waals surface area contributed by atoms with Gasteiger partial charge in [0.2, 0.25) is 0 Å². The maximum atomic E-state index is 14.0. The maximum Gasteiger partial charge on any atom is 0.410 e. The topological polar surface area (TPSA) is 126 Å². The van der Waals surface area contributed by atoms with Crippen LogP contribution < -0.4 is 10.8 Å². The number of aliphatic hydroxyl groups is 1. The van der Waals surface area contributed by atoms with Gasteiger partial charge in [0.25, 0.3) is 5.91 Å². The van der Waals surface area contributed by atoms with Crippen molar-refractivity contribution in [1.82, 2.24) is 19.6 Å². The first-order chi connectivity index (χ1) is 23.1. The summed E-state index contributed by atoms with van der Waals surface area (Å²) in [5.74, 6) is -0.274. The van der Waals surface area contributed by atoms with Crippen molar-refractivity contribution in [2.24, 2.45) is 0 Å². The van der Waals surface area contributed by atoms with Crippen molar-refractivity contribution in [3.8, 4) is 5.75 Å². The second-order valence-corrected chi connectivity index (χ2v) is 13.9. The molecule has 2 radical (unpaired) electrons. The SMILES string of the molecule is [B]c1cc(C[C@@H](OC(=O)N2CCC(N3CCc4ccccc4NC3=O)CC2)C(=O)N2CCC(N3CCC(O)(CC)CC3)CC2)ccc1O. The van der Waals surface area contributed by atoms with Gasteiger partial charge in [-0.15, -0.1) is 0 Å². The molecule has 4 aliphatic heterocycles. The van der Waals surface area contributed by atoms with Crippen molar-refractivity contribution in [3.05, 3.63) is 53.6 Å². The molecule has 3 fully saturated rings. The number of ether oxygens (including phenoxy) is 1. The number of rotatable bonds is 7. The van der Waals surface area contributed by atoms with E-state index in [1.807, 2.05) is 36.1 Å². The van der Waals surface area contributed by atoms with Gasteiger partial charge < -0.3 is 39.9 Å². The van der Waals surface area contributed by atoms with Crippen molar-refractivity contribution in [3.63, 3.8) is 0 Å². The number of benzene rings is 2. The van der Waals surface area contributed by atoms with Gasteiger partial charge in [0.1, 0.15) is 13.6 Å². The van der Waals surface area contributed by atoms with Crippen LogP contribution >= 0.6 is 0 Å². The molecule has 2 aromatic carbocycles. The monoisotopic (exact) mass is 657 g/mol. The number of anilines is 1. The molecule has 0 aliphatic carbocycles. The molecule has 2 aromatic rings. The number of nitrogens with one attached hydrogen (secondary N) is 1. The van der Waals surface area contributed by atoms with Gasteiger partial charge in [0, 0.05) is 70.0 Å². The number of fused-ring (bicyclic) bond motifs is 1. The molecule has 3 saturated heterocycles. The van der Waals surface area contributed by atoms with E-state index in [0.717, 1.165) is 62.9 Å². The molecular weight excluding hydrogens is 609 g/mol. The molecule has 4 amide bonds. The predicted molar refractivity (Wildman–Crippen MR) is 184 cm³/mol. The van der Waals surface area contributed by atoms with Crippen LogP contribution in [0.25, 0.3) is 0 Å². The standard InChI is InChI=1S/C36H48BN5O6/c1-2-36(47)14-21-39(22-15-36)27-10-16-40(17-11-27)33(44)32(24-25-7-8-31(43)29(37)23-25)48-35(46)41-18-12-28(13-19-41)42-20-9-26-5-3-4-6-30(26)38-34(42)45/h3-8,23,27-28,32,43,47H,2,9-22,24H2,1H3,(H,38,45)/t32-/m1/s1. The van der Waals surface area contributed by atoms with Crippen LogP contribution in [-0.2, 0) is 22.4 Å². The van der Waals surface area contributed by atoms with Crippen LogP contribution in [0.15, 0.2) is 42.5 Å². The maximum absolute atomic E-state index is 14.0.